The number of rotatable bonds is 5. The van der Waals surface area contributed by atoms with Gasteiger partial charge in [0.15, 0.2) is 0 Å². The third kappa shape index (κ3) is 3.95. The Labute approximate surface area is 180 Å². The van der Waals surface area contributed by atoms with Gasteiger partial charge in [-0.2, -0.15) is 13.2 Å². The fourth-order valence-electron chi connectivity index (χ4n) is 8.71. The third-order valence-electron chi connectivity index (χ3n) is 10.5. The van der Waals surface area contributed by atoms with Crippen LogP contribution in [0.15, 0.2) is 0 Å². The van der Waals surface area contributed by atoms with Crippen molar-refractivity contribution in [1.29, 1.82) is 0 Å². The van der Waals surface area contributed by atoms with Crippen LogP contribution in [-0.4, -0.2) is 28.6 Å². The molecule has 0 aliphatic heterocycles. The van der Waals surface area contributed by atoms with Crippen molar-refractivity contribution in [1.82, 2.24) is 0 Å². The Bertz CT molecular complexity index is 608. The molecule has 30 heavy (non-hydrogen) atoms. The Hall–Kier alpha value is -0.290. The molecule has 4 saturated carbocycles. The molecule has 0 spiro atoms. The maximum atomic E-state index is 12.5. The van der Waals surface area contributed by atoms with Gasteiger partial charge in [0.1, 0.15) is 6.10 Å². The second kappa shape index (κ2) is 8.24. The van der Waals surface area contributed by atoms with Crippen LogP contribution in [0, 0.1) is 40.4 Å². The summed E-state index contributed by atoms with van der Waals surface area (Å²) in [5, 5.41) is 19.4. The van der Waals surface area contributed by atoms with Gasteiger partial charge in [0.2, 0.25) is 0 Å². The van der Waals surface area contributed by atoms with E-state index in [0.29, 0.717) is 29.1 Å². The lowest BCUT2D eigenvalue weighted by molar-refractivity contribution is -0.205. The van der Waals surface area contributed by atoms with Crippen LogP contribution in [0.4, 0.5) is 13.2 Å². The van der Waals surface area contributed by atoms with Crippen molar-refractivity contribution in [3.05, 3.63) is 0 Å². The zero-order chi connectivity index (χ0) is 21.7. The van der Waals surface area contributed by atoms with Gasteiger partial charge in [0.05, 0.1) is 6.10 Å². The molecule has 0 radical (unpaired) electrons. The van der Waals surface area contributed by atoms with E-state index in [2.05, 4.69) is 13.8 Å². The molecule has 2 nitrogen and oxygen atoms in total. The summed E-state index contributed by atoms with van der Waals surface area (Å²) in [6.07, 6.45) is 6.16. The number of hydrogen-bond donors (Lipinski definition) is 2. The number of halogens is 3. The van der Waals surface area contributed by atoms with Crippen LogP contribution in [0.2, 0.25) is 0 Å². The van der Waals surface area contributed by atoms with Gasteiger partial charge in [-0.05, 0) is 111 Å². The number of fused-ring (bicyclic) bond motifs is 5. The Morgan fingerprint density at radius 3 is 2.33 bits per heavy atom. The molecular weight excluding hydrogens is 389 g/mol. The molecular formula is C25H41F3O2. The van der Waals surface area contributed by atoms with E-state index in [1.54, 1.807) is 0 Å². The van der Waals surface area contributed by atoms with E-state index in [1.165, 1.54) is 44.9 Å². The summed E-state index contributed by atoms with van der Waals surface area (Å²) < 4.78 is 37.6. The molecule has 6 unspecified atom stereocenters. The number of aliphatic hydroxyl groups excluding tert-OH is 2. The van der Waals surface area contributed by atoms with Gasteiger partial charge in [0.25, 0.3) is 0 Å². The summed E-state index contributed by atoms with van der Waals surface area (Å²) in [5.74, 6) is 3.68. The largest absolute Gasteiger partial charge is 0.414 e. The van der Waals surface area contributed by atoms with Gasteiger partial charge in [-0.15, -0.1) is 0 Å². The maximum Gasteiger partial charge on any atom is 0.414 e. The predicted octanol–water partition coefficient (Wildman–Crippen LogP) is 6.49. The molecule has 0 amide bonds. The van der Waals surface area contributed by atoms with Gasteiger partial charge >= 0.3 is 6.18 Å². The topological polar surface area (TPSA) is 40.5 Å². The summed E-state index contributed by atoms with van der Waals surface area (Å²) >= 11 is 0. The highest BCUT2D eigenvalue weighted by molar-refractivity contribution is 5.09. The molecule has 4 rings (SSSR count). The van der Waals surface area contributed by atoms with Gasteiger partial charge in [-0.3, -0.25) is 0 Å². The first-order chi connectivity index (χ1) is 14.1. The average Bonchev–Trinajstić information content (AvgIpc) is 3.01. The molecule has 0 bridgehead atoms. The minimum absolute atomic E-state index is 0.0970. The number of unbranched alkanes of at least 4 members (excludes halogenated alkanes) is 1. The second-order valence-corrected chi connectivity index (χ2v) is 11.7. The highest BCUT2D eigenvalue weighted by Gasteiger charge is 2.59. The Balaban J connectivity index is 1.36. The number of hydrogen-bond acceptors (Lipinski definition) is 2. The predicted molar refractivity (Wildman–Crippen MR) is 112 cm³/mol. The first-order valence-corrected chi connectivity index (χ1v) is 12.5. The molecule has 0 aromatic rings. The van der Waals surface area contributed by atoms with Crippen molar-refractivity contribution in [3.8, 4) is 0 Å². The van der Waals surface area contributed by atoms with E-state index in [4.69, 9.17) is 0 Å². The molecule has 2 N–H and O–H groups in total. The molecule has 0 aromatic heterocycles. The summed E-state index contributed by atoms with van der Waals surface area (Å²) in [4.78, 5) is 0. The fraction of sp³-hybridized carbons (Fsp3) is 1.00. The molecule has 4 aliphatic carbocycles. The highest BCUT2D eigenvalue weighted by Crippen LogP contribution is 2.67. The molecule has 5 heteroatoms. The average molecular weight is 431 g/mol. The molecule has 4 aliphatic rings. The van der Waals surface area contributed by atoms with Crippen LogP contribution in [0.3, 0.4) is 0 Å². The number of aliphatic hydroxyl groups is 2. The van der Waals surface area contributed by atoms with Gasteiger partial charge < -0.3 is 10.2 Å². The zero-order valence-electron chi connectivity index (χ0n) is 18.8. The van der Waals surface area contributed by atoms with Crippen LogP contribution >= 0.6 is 0 Å². The zero-order valence-corrected chi connectivity index (χ0v) is 18.8. The van der Waals surface area contributed by atoms with E-state index >= 15 is 0 Å². The van der Waals surface area contributed by atoms with Crippen molar-refractivity contribution >= 4 is 0 Å². The normalized spacial score (nSPS) is 47.3. The minimum atomic E-state index is -4.48. The smallest absolute Gasteiger partial charge is 0.393 e. The van der Waals surface area contributed by atoms with Crippen LogP contribution in [0.1, 0.15) is 97.3 Å². The van der Waals surface area contributed by atoms with Crippen molar-refractivity contribution < 1.29 is 23.4 Å². The minimum Gasteiger partial charge on any atom is -0.393 e. The SMILES string of the molecule is CC12CC[C@H](O)CC1CC[C@@H]1C2CCC2(C)C1CC[C@@H]2CCCCC(O)C(F)(F)F. The quantitative estimate of drug-likeness (QED) is 0.490. The summed E-state index contributed by atoms with van der Waals surface area (Å²) in [6, 6.07) is 0. The van der Waals surface area contributed by atoms with Gasteiger partial charge in [-0.25, -0.2) is 0 Å². The van der Waals surface area contributed by atoms with Crippen LogP contribution in [0.25, 0.3) is 0 Å². The van der Waals surface area contributed by atoms with Gasteiger partial charge in [0, 0.05) is 0 Å². The molecule has 174 valence electrons. The Morgan fingerprint density at radius 2 is 1.60 bits per heavy atom. The fourth-order valence-corrected chi connectivity index (χ4v) is 8.71. The molecule has 9 atom stereocenters. The first kappa shape index (κ1) is 22.9. The van der Waals surface area contributed by atoms with Crippen LogP contribution < -0.4 is 0 Å². The van der Waals surface area contributed by atoms with Crippen LogP contribution in [-0.2, 0) is 0 Å². The molecule has 0 saturated heterocycles. The summed E-state index contributed by atoms with van der Waals surface area (Å²) in [5.41, 5.74) is 0.747. The molecule has 0 aromatic carbocycles. The van der Waals surface area contributed by atoms with E-state index < -0.39 is 12.3 Å². The van der Waals surface area contributed by atoms with Gasteiger partial charge in [-0.1, -0.05) is 26.7 Å². The maximum absolute atomic E-state index is 12.5. The van der Waals surface area contributed by atoms with Crippen molar-refractivity contribution in [2.24, 2.45) is 40.4 Å². The van der Waals surface area contributed by atoms with E-state index in [1.807, 2.05) is 0 Å². The van der Waals surface area contributed by atoms with E-state index in [-0.39, 0.29) is 12.5 Å². The number of alkyl halides is 3. The van der Waals surface area contributed by atoms with Crippen molar-refractivity contribution in [2.75, 3.05) is 0 Å². The Kier molecular flexibility index (Phi) is 6.29. The van der Waals surface area contributed by atoms with Crippen molar-refractivity contribution in [3.63, 3.8) is 0 Å². The molecule has 0 heterocycles. The first-order valence-electron chi connectivity index (χ1n) is 12.5. The van der Waals surface area contributed by atoms with E-state index in [9.17, 15) is 23.4 Å². The summed E-state index contributed by atoms with van der Waals surface area (Å²) in [6.45, 7) is 5.00. The standard InChI is InChI=1S/C25H41F3O2/c1-23-14-12-21-19(9-7-17-15-18(29)11-13-24(17,21)2)20(23)10-8-16(23)5-3-4-6-22(30)25(26,27)28/h16-22,29-30H,3-15H2,1-2H3/t16-,17?,18-,19-,20?,21?,22?,23?,24?/m0/s1. The van der Waals surface area contributed by atoms with Crippen LogP contribution in [0.5, 0.6) is 0 Å². The monoisotopic (exact) mass is 430 g/mol. The second-order valence-electron chi connectivity index (χ2n) is 11.7. The summed E-state index contributed by atoms with van der Waals surface area (Å²) in [7, 11) is 0. The van der Waals surface area contributed by atoms with E-state index in [0.717, 1.165) is 43.4 Å². The molecule has 4 fully saturated rings. The lowest BCUT2D eigenvalue weighted by Crippen LogP contribution is -2.53. The lowest BCUT2D eigenvalue weighted by atomic mass is 9.44. The lowest BCUT2D eigenvalue weighted by Gasteiger charge is -2.61. The highest BCUT2D eigenvalue weighted by atomic mass is 19.4. The third-order valence-corrected chi connectivity index (χ3v) is 10.5. The Morgan fingerprint density at radius 1 is 0.900 bits per heavy atom. The van der Waals surface area contributed by atoms with Crippen molar-refractivity contribution in [2.45, 2.75) is 116 Å².